The minimum Gasteiger partial charge on any atom is -0.463 e. The Kier molecular flexibility index (Phi) is 6.69. The molecule has 0 amide bonds. The molecule has 0 unspecified atom stereocenters. The SMILES string of the molecule is CCOC(=O)C1=C(C)N=c2s/c(=C\c3ccc(SC)cc3)c(=O)n2[C@H]1c1ccc(Cl)cc1. The highest BCUT2D eigenvalue weighted by Gasteiger charge is 2.33. The molecule has 32 heavy (non-hydrogen) atoms. The number of rotatable bonds is 5. The largest absolute Gasteiger partial charge is 0.463 e. The summed E-state index contributed by atoms with van der Waals surface area (Å²) in [6.07, 6.45) is 3.88. The van der Waals surface area contributed by atoms with Gasteiger partial charge in [0.25, 0.3) is 5.56 Å². The highest BCUT2D eigenvalue weighted by Crippen LogP contribution is 2.31. The highest BCUT2D eigenvalue weighted by molar-refractivity contribution is 7.98. The molecule has 4 rings (SSSR count). The summed E-state index contributed by atoms with van der Waals surface area (Å²) in [5.74, 6) is -0.476. The van der Waals surface area contributed by atoms with Crippen LogP contribution >= 0.6 is 34.7 Å². The van der Waals surface area contributed by atoms with Crippen LogP contribution in [0.4, 0.5) is 0 Å². The number of aromatic nitrogens is 1. The molecule has 0 bridgehead atoms. The van der Waals surface area contributed by atoms with E-state index in [-0.39, 0.29) is 12.2 Å². The average molecular weight is 485 g/mol. The number of benzene rings is 2. The van der Waals surface area contributed by atoms with E-state index >= 15 is 0 Å². The normalized spacial score (nSPS) is 16.0. The van der Waals surface area contributed by atoms with Gasteiger partial charge in [0.05, 0.1) is 28.5 Å². The van der Waals surface area contributed by atoms with Gasteiger partial charge >= 0.3 is 5.97 Å². The molecule has 1 aromatic heterocycles. The van der Waals surface area contributed by atoms with Crippen molar-refractivity contribution < 1.29 is 9.53 Å². The number of thioether (sulfide) groups is 1. The summed E-state index contributed by atoms with van der Waals surface area (Å²) < 4.78 is 7.43. The summed E-state index contributed by atoms with van der Waals surface area (Å²) in [7, 11) is 0. The molecule has 3 aromatic rings. The van der Waals surface area contributed by atoms with Crippen molar-refractivity contribution in [1.29, 1.82) is 0 Å². The van der Waals surface area contributed by atoms with E-state index in [1.165, 1.54) is 11.3 Å². The fourth-order valence-electron chi connectivity index (χ4n) is 3.60. The molecular weight excluding hydrogens is 464 g/mol. The van der Waals surface area contributed by atoms with Crippen molar-refractivity contribution in [3.63, 3.8) is 0 Å². The molecule has 0 fully saturated rings. The van der Waals surface area contributed by atoms with Crippen LogP contribution in [0.1, 0.15) is 31.0 Å². The zero-order valence-electron chi connectivity index (χ0n) is 17.8. The zero-order valence-corrected chi connectivity index (χ0v) is 20.2. The second-order valence-corrected chi connectivity index (χ2v) is 9.45. The maximum Gasteiger partial charge on any atom is 0.338 e. The second kappa shape index (κ2) is 9.48. The lowest BCUT2D eigenvalue weighted by Crippen LogP contribution is -2.39. The topological polar surface area (TPSA) is 60.7 Å². The number of thiazole rings is 1. The van der Waals surface area contributed by atoms with Crippen molar-refractivity contribution in [2.75, 3.05) is 12.9 Å². The Hall–Kier alpha value is -2.61. The average Bonchev–Trinajstić information content (AvgIpc) is 3.08. The number of hydrogen-bond acceptors (Lipinski definition) is 6. The van der Waals surface area contributed by atoms with Gasteiger partial charge in [-0.05, 0) is 61.6 Å². The van der Waals surface area contributed by atoms with Crippen LogP contribution in [0.3, 0.4) is 0 Å². The smallest absolute Gasteiger partial charge is 0.338 e. The van der Waals surface area contributed by atoms with Crippen molar-refractivity contribution in [2.24, 2.45) is 4.99 Å². The summed E-state index contributed by atoms with van der Waals surface area (Å²) >= 11 is 9.05. The summed E-state index contributed by atoms with van der Waals surface area (Å²) in [6.45, 7) is 3.76. The minimum absolute atomic E-state index is 0.197. The molecule has 0 spiro atoms. The Morgan fingerprint density at radius 3 is 2.53 bits per heavy atom. The van der Waals surface area contributed by atoms with Gasteiger partial charge < -0.3 is 4.74 Å². The maximum atomic E-state index is 13.5. The van der Waals surface area contributed by atoms with Crippen molar-refractivity contribution in [3.05, 3.63) is 95.6 Å². The first kappa shape index (κ1) is 22.6. The molecule has 1 aliphatic rings. The first-order valence-electron chi connectivity index (χ1n) is 10.0. The minimum atomic E-state index is -0.636. The number of carbonyl (C=O) groups is 1. The van der Waals surface area contributed by atoms with Gasteiger partial charge in [-0.25, -0.2) is 9.79 Å². The van der Waals surface area contributed by atoms with Crippen LogP contribution in [0.25, 0.3) is 6.08 Å². The van der Waals surface area contributed by atoms with Crippen molar-refractivity contribution in [3.8, 4) is 0 Å². The van der Waals surface area contributed by atoms with E-state index in [4.69, 9.17) is 16.3 Å². The lowest BCUT2D eigenvalue weighted by molar-refractivity contribution is -0.139. The predicted octanol–water partition coefficient (Wildman–Crippen LogP) is 4.17. The molecule has 1 atom stereocenters. The number of nitrogens with zero attached hydrogens (tertiary/aromatic N) is 2. The molecule has 1 aliphatic heterocycles. The Bertz CT molecular complexity index is 1370. The molecule has 0 aliphatic carbocycles. The number of carbonyl (C=O) groups excluding carboxylic acids is 1. The van der Waals surface area contributed by atoms with Gasteiger partial charge in [0, 0.05) is 9.92 Å². The lowest BCUT2D eigenvalue weighted by Gasteiger charge is -2.24. The van der Waals surface area contributed by atoms with Crippen LogP contribution in [0.5, 0.6) is 0 Å². The molecule has 0 saturated heterocycles. The van der Waals surface area contributed by atoms with Crippen molar-refractivity contribution in [1.82, 2.24) is 4.57 Å². The third-order valence-corrected chi connectivity index (χ3v) is 7.09. The first-order valence-corrected chi connectivity index (χ1v) is 12.4. The number of hydrogen-bond donors (Lipinski definition) is 0. The fraction of sp³-hybridized carbons (Fsp3) is 0.208. The molecule has 164 valence electrons. The monoisotopic (exact) mass is 484 g/mol. The van der Waals surface area contributed by atoms with E-state index in [1.54, 1.807) is 42.3 Å². The number of halogens is 1. The van der Waals surface area contributed by atoms with Crippen molar-refractivity contribution in [2.45, 2.75) is 24.8 Å². The molecule has 5 nitrogen and oxygen atoms in total. The first-order chi connectivity index (χ1) is 15.4. The van der Waals surface area contributed by atoms with Gasteiger partial charge in [-0.2, -0.15) is 0 Å². The van der Waals surface area contributed by atoms with Crippen LogP contribution in [-0.2, 0) is 9.53 Å². The summed E-state index contributed by atoms with van der Waals surface area (Å²) in [5.41, 5.74) is 2.40. The van der Waals surface area contributed by atoms with E-state index in [0.717, 1.165) is 16.0 Å². The van der Waals surface area contributed by atoms with Crippen LogP contribution < -0.4 is 14.9 Å². The van der Waals surface area contributed by atoms with Gasteiger partial charge in [0.2, 0.25) is 0 Å². The van der Waals surface area contributed by atoms with E-state index in [1.807, 2.05) is 48.7 Å². The summed E-state index contributed by atoms with van der Waals surface area (Å²) in [4.78, 5) is 32.6. The van der Waals surface area contributed by atoms with E-state index < -0.39 is 12.0 Å². The Balaban J connectivity index is 1.92. The van der Waals surface area contributed by atoms with E-state index in [2.05, 4.69) is 4.99 Å². The third-order valence-electron chi connectivity index (χ3n) is 5.12. The molecular formula is C24H21ClN2O3S2. The number of fused-ring (bicyclic) bond motifs is 1. The van der Waals surface area contributed by atoms with Crippen molar-refractivity contribution >= 4 is 46.7 Å². The molecule has 0 saturated carbocycles. The van der Waals surface area contributed by atoms with E-state index in [9.17, 15) is 9.59 Å². The Morgan fingerprint density at radius 1 is 1.22 bits per heavy atom. The molecule has 2 heterocycles. The molecule has 0 N–H and O–H groups in total. The standard InChI is InChI=1S/C24H21ClN2O3S2/c1-4-30-23(29)20-14(2)26-24-27(21(20)16-7-9-17(25)10-8-16)22(28)19(32-24)13-15-5-11-18(31-3)12-6-15/h5-13,21H,4H2,1-3H3/b19-13-/t21-/m0/s1. The Morgan fingerprint density at radius 2 is 1.91 bits per heavy atom. The van der Waals surface area contributed by atoms with Gasteiger partial charge in [-0.3, -0.25) is 9.36 Å². The zero-order chi connectivity index (χ0) is 22.8. The van der Waals surface area contributed by atoms with Gasteiger partial charge in [-0.15, -0.1) is 11.8 Å². The van der Waals surface area contributed by atoms with Gasteiger partial charge in [0.15, 0.2) is 4.80 Å². The molecule has 8 heteroatoms. The molecule has 0 radical (unpaired) electrons. The van der Waals surface area contributed by atoms with Gasteiger partial charge in [-0.1, -0.05) is 47.2 Å². The predicted molar refractivity (Wildman–Crippen MR) is 130 cm³/mol. The second-order valence-electron chi connectivity index (χ2n) is 7.13. The van der Waals surface area contributed by atoms with Crippen LogP contribution in [0, 0.1) is 0 Å². The fourth-order valence-corrected chi connectivity index (χ4v) is 5.18. The molecule has 2 aromatic carbocycles. The maximum absolute atomic E-state index is 13.5. The number of ether oxygens (including phenoxy) is 1. The van der Waals surface area contributed by atoms with Crippen LogP contribution in [0.2, 0.25) is 5.02 Å². The quantitative estimate of drug-likeness (QED) is 0.403. The highest BCUT2D eigenvalue weighted by atomic mass is 35.5. The Labute approximate surface area is 198 Å². The number of allylic oxidation sites excluding steroid dienone is 1. The van der Waals surface area contributed by atoms with Crippen LogP contribution in [-0.4, -0.2) is 23.4 Å². The lowest BCUT2D eigenvalue weighted by atomic mass is 9.96. The third kappa shape index (κ3) is 4.33. The summed E-state index contributed by atoms with van der Waals surface area (Å²) in [6, 6.07) is 14.5. The van der Waals surface area contributed by atoms with Crippen LogP contribution in [0.15, 0.2) is 74.5 Å². The summed E-state index contributed by atoms with van der Waals surface area (Å²) in [5, 5.41) is 0.577. The van der Waals surface area contributed by atoms with Gasteiger partial charge in [0.1, 0.15) is 0 Å². The number of esters is 1. The van der Waals surface area contributed by atoms with E-state index in [0.29, 0.717) is 25.6 Å².